The average Bonchev–Trinajstić information content (AvgIpc) is 1.93. The van der Waals surface area contributed by atoms with Crippen LogP contribution in [0.15, 0.2) is 0 Å². The van der Waals surface area contributed by atoms with Crippen LogP contribution >= 0.6 is 0 Å². The van der Waals surface area contributed by atoms with Gasteiger partial charge in [0.1, 0.15) is 0 Å². The van der Waals surface area contributed by atoms with Gasteiger partial charge in [-0.05, 0) is 32.6 Å². The first-order valence-electron chi connectivity index (χ1n) is 4.35. The van der Waals surface area contributed by atoms with Crippen LogP contribution in [0.2, 0.25) is 0 Å². The SMILES string of the molecule is CC1(C)CCC(CC(=O)O)CO1. The summed E-state index contributed by atoms with van der Waals surface area (Å²) >= 11 is 0. The largest absolute Gasteiger partial charge is 0.481 e. The summed E-state index contributed by atoms with van der Waals surface area (Å²) in [6.07, 6.45) is 2.18. The Hall–Kier alpha value is -0.570. The molecule has 3 heteroatoms. The highest BCUT2D eigenvalue weighted by Gasteiger charge is 2.28. The summed E-state index contributed by atoms with van der Waals surface area (Å²) in [6, 6.07) is 0. The van der Waals surface area contributed by atoms with Crippen LogP contribution in [0.25, 0.3) is 0 Å². The zero-order valence-corrected chi connectivity index (χ0v) is 7.67. The molecule has 1 heterocycles. The summed E-state index contributed by atoms with van der Waals surface area (Å²) in [5, 5.41) is 8.54. The summed E-state index contributed by atoms with van der Waals surface area (Å²) in [5.74, 6) is -0.501. The van der Waals surface area contributed by atoms with Crippen molar-refractivity contribution < 1.29 is 14.6 Å². The maximum atomic E-state index is 10.4. The van der Waals surface area contributed by atoms with Gasteiger partial charge in [-0.3, -0.25) is 4.79 Å². The maximum absolute atomic E-state index is 10.4. The van der Waals surface area contributed by atoms with E-state index in [9.17, 15) is 4.79 Å². The van der Waals surface area contributed by atoms with Crippen LogP contribution in [-0.2, 0) is 9.53 Å². The molecule has 0 radical (unpaired) electrons. The second-order valence-electron chi connectivity index (χ2n) is 4.07. The zero-order chi connectivity index (χ0) is 9.19. The van der Waals surface area contributed by atoms with E-state index in [0.29, 0.717) is 6.61 Å². The van der Waals surface area contributed by atoms with Crippen molar-refractivity contribution >= 4 is 5.97 Å². The fourth-order valence-corrected chi connectivity index (χ4v) is 1.46. The highest BCUT2D eigenvalue weighted by Crippen LogP contribution is 2.28. The van der Waals surface area contributed by atoms with E-state index in [1.165, 1.54) is 0 Å². The van der Waals surface area contributed by atoms with Crippen molar-refractivity contribution in [3.8, 4) is 0 Å². The summed E-state index contributed by atoms with van der Waals surface area (Å²) in [5.41, 5.74) is -0.0466. The summed E-state index contributed by atoms with van der Waals surface area (Å²) in [6.45, 7) is 4.69. The molecule has 1 saturated heterocycles. The molecule has 0 spiro atoms. The van der Waals surface area contributed by atoms with Gasteiger partial charge in [0, 0.05) is 0 Å². The maximum Gasteiger partial charge on any atom is 0.303 e. The van der Waals surface area contributed by atoms with Crippen molar-refractivity contribution in [3.05, 3.63) is 0 Å². The molecule has 0 saturated carbocycles. The molecule has 0 aromatic carbocycles. The number of ether oxygens (including phenoxy) is 1. The van der Waals surface area contributed by atoms with Crippen molar-refractivity contribution in [2.24, 2.45) is 5.92 Å². The molecular weight excluding hydrogens is 156 g/mol. The average molecular weight is 172 g/mol. The van der Waals surface area contributed by atoms with Gasteiger partial charge in [0.25, 0.3) is 0 Å². The smallest absolute Gasteiger partial charge is 0.303 e. The molecule has 1 aliphatic heterocycles. The molecule has 1 unspecified atom stereocenters. The monoisotopic (exact) mass is 172 g/mol. The molecule has 0 aliphatic carbocycles. The lowest BCUT2D eigenvalue weighted by Crippen LogP contribution is -2.34. The summed E-state index contributed by atoms with van der Waals surface area (Å²) < 4.78 is 5.52. The van der Waals surface area contributed by atoms with Crippen LogP contribution in [-0.4, -0.2) is 23.3 Å². The van der Waals surface area contributed by atoms with Gasteiger partial charge in [-0.25, -0.2) is 0 Å². The van der Waals surface area contributed by atoms with E-state index < -0.39 is 5.97 Å². The molecule has 1 N–H and O–H groups in total. The van der Waals surface area contributed by atoms with E-state index in [0.717, 1.165) is 12.8 Å². The lowest BCUT2D eigenvalue weighted by Gasteiger charge is -2.34. The molecular formula is C9H16O3. The van der Waals surface area contributed by atoms with Gasteiger partial charge in [0.15, 0.2) is 0 Å². The number of carboxylic acids is 1. The van der Waals surface area contributed by atoms with Crippen molar-refractivity contribution in [1.82, 2.24) is 0 Å². The van der Waals surface area contributed by atoms with Crippen molar-refractivity contribution in [2.45, 2.75) is 38.7 Å². The Morgan fingerprint density at radius 1 is 1.67 bits per heavy atom. The number of hydrogen-bond donors (Lipinski definition) is 1. The van der Waals surface area contributed by atoms with Crippen LogP contribution in [0.5, 0.6) is 0 Å². The van der Waals surface area contributed by atoms with E-state index >= 15 is 0 Å². The van der Waals surface area contributed by atoms with Gasteiger partial charge >= 0.3 is 5.97 Å². The normalized spacial score (nSPS) is 28.3. The molecule has 0 aromatic rings. The fraction of sp³-hybridized carbons (Fsp3) is 0.889. The van der Waals surface area contributed by atoms with Gasteiger partial charge in [-0.15, -0.1) is 0 Å². The third-order valence-electron chi connectivity index (χ3n) is 2.33. The molecule has 0 amide bonds. The number of hydrogen-bond acceptors (Lipinski definition) is 2. The Kier molecular flexibility index (Phi) is 2.73. The Morgan fingerprint density at radius 2 is 2.33 bits per heavy atom. The minimum absolute atomic E-state index is 0.0466. The standard InChI is InChI=1S/C9H16O3/c1-9(2)4-3-7(6-12-9)5-8(10)11/h7H,3-6H2,1-2H3,(H,10,11). The highest BCUT2D eigenvalue weighted by molar-refractivity contribution is 5.67. The third kappa shape index (κ3) is 2.81. The lowest BCUT2D eigenvalue weighted by atomic mass is 9.90. The van der Waals surface area contributed by atoms with E-state index in [1.807, 2.05) is 13.8 Å². The number of carbonyl (C=O) groups is 1. The van der Waals surface area contributed by atoms with Crippen molar-refractivity contribution in [3.63, 3.8) is 0 Å². The Balaban J connectivity index is 2.31. The molecule has 1 rings (SSSR count). The quantitative estimate of drug-likeness (QED) is 0.689. The van der Waals surface area contributed by atoms with E-state index in [-0.39, 0.29) is 17.9 Å². The van der Waals surface area contributed by atoms with Crippen LogP contribution in [0.4, 0.5) is 0 Å². The molecule has 1 atom stereocenters. The second kappa shape index (κ2) is 3.44. The lowest BCUT2D eigenvalue weighted by molar-refractivity contribution is -0.141. The zero-order valence-electron chi connectivity index (χ0n) is 7.67. The number of rotatable bonds is 2. The third-order valence-corrected chi connectivity index (χ3v) is 2.33. The molecule has 1 aliphatic rings. The number of carboxylic acid groups (broad SMARTS) is 1. The van der Waals surface area contributed by atoms with E-state index in [1.54, 1.807) is 0 Å². The van der Waals surface area contributed by atoms with Gasteiger partial charge in [-0.1, -0.05) is 0 Å². The molecule has 0 aromatic heterocycles. The van der Waals surface area contributed by atoms with E-state index in [2.05, 4.69) is 0 Å². The minimum atomic E-state index is -0.719. The first kappa shape index (κ1) is 9.52. The van der Waals surface area contributed by atoms with Crippen molar-refractivity contribution in [2.75, 3.05) is 6.61 Å². The Morgan fingerprint density at radius 3 is 2.75 bits per heavy atom. The van der Waals surface area contributed by atoms with Crippen LogP contribution < -0.4 is 0 Å². The van der Waals surface area contributed by atoms with Crippen LogP contribution in [0, 0.1) is 5.92 Å². The second-order valence-corrected chi connectivity index (χ2v) is 4.07. The molecule has 3 nitrogen and oxygen atoms in total. The van der Waals surface area contributed by atoms with Gasteiger partial charge in [0.05, 0.1) is 18.6 Å². The van der Waals surface area contributed by atoms with Gasteiger partial charge in [0.2, 0.25) is 0 Å². The topological polar surface area (TPSA) is 46.5 Å². The molecule has 0 bridgehead atoms. The molecule has 1 fully saturated rings. The summed E-state index contributed by atoms with van der Waals surface area (Å²) in [7, 11) is 0. The van der Waals surface area contributed by atoms with Crippen LogP contribution in [0.3, 0.4) is 0 Å². The minimum Gasteiger partial charge on any atom is -0.481 e. The van der Waals surface area contributed by atoms with Gasteiger partial charge < -0.3 is 9.84 Å². The Bertz CT molecular complexity index is 165. The summed E-state index contributed by atoms with van der Waals surface area (Å²) in [4.78, 5) is 10.4. The van der Waals surface area contributed by atoms with Crippen LogP contribution in [0.1, 0.15) is 33.1 Å². The first-order valence-corrected chi connectivity index (χ1v) is 4.35. The van der Waals surface area contributed by atoms with E-state index in [4.69, 9.17) is 9.84 Å². The van der Waals surface area contributed by atoms with Gasteiger partial charge in [-0.2, -0.15) is 0 Å². The number of aliphatic carboxylic acids is 1. The van der Waals surface area contributed by atoms with Crippen molar-refractivity contribution in [1.29, 1.82) is 0 Å². The Labute approximate surface area is 72.7 Å². The highest BCUT2D eigenvalue weighted by atomic mass is 16.5. The molecule has 12 heavy (non-hydrogen) atoms. The predicted molar refractivity (Wildman–Crippen MR) is 45.0 cm³/mol. The fourth-order valence-electron chi connectivity index (χ4n) is 1.46. The molecule has 70 valence electrons. The first-order chi connectivity index (χ1) is 5.49. The predicted octanol–water partition coefficient (Wildman–Crippen LogP) is 1.67.